The molecule has 4 N–H and O–H groups in total. The van der Waals surface area contributed by atoms with E-state index in [2.05, 4.69) is 31.7 Å². The smallest absolute Gasteiger partial charge is 0.214 e. The van der Waals surface area contributed by atoms with E-state index in [9.17, 15) is 9.59 Å². The lowest BCUT2D eigenvalue weighted by atomic mass is 9.92. The second-order valence-electron chi connectivity index (χ2n) is 6.75. The summed E-state index contributed by atoms with van der Waals surface area (Å²) in [5.41, 5.74) is 14.8. The maximum absolute atomic E-state index is 12.7. The SMILES string of the molecule is CC(C)c1ccc2c(c1)OC1c3cccc(N)c3C(=O)C21.CC(N)=O. The first-order valence-corrected chi connectivity index (χ1v) is 8.30. The minimum Gasteiger partial charge on any atom is -0.484 e. The van der Waals surface area contributed by atoms with E-state index in [-0.39, 0.29) is 23.7 Å². The number of Topliss-reactive ketones (excluding diaryl/α,β-unsaturated/α-hetero) is 1. The number of fused-ring (bicyclic) bond motifs is 5. The number of ketones is 1. The van der Waals surface area contributed by atoms with Crippen LogP contribution in [0.25, 0.3) is 0 Å². The van der Waals surface area contributed by atoms with E-state index in [4.69, 9.17) is 10.5 Å². The van der Waals surface area contributed by atoms with Gasteiger partial charge in [0, 0.05) is 29.3 Å². The lowest BCUT2D eigenvalue weighted by Gasteiger charge is -2.11. The molecule has 2 aromatic carbocycles. The van der Waals surface area contributed by atoms with Crippen LogP contribution in [-0.2, 0) is 4.79 Å². The highest BCUT2D eigenvalue weighted by Crippen LogP contribution is 2.54. The zero-order chi connectivity index (χ0) is 18.3. The van der Waals surface area contributed by atoms with Crippen molar-refractivity contribution in [2.45, 2.75) is 38.7 Å². The van der Waals surface area contributed by atoms with E-state index >= 15 is 0 Å². The minimum atomic E-state index is -0.333. The van der Waals surface area contributed by atoms with Crippen LogP contribution in [-0.4, -0.2) is 11.7 Å². The summed E-state index contributed by atoms with van der Waals surface area (Å²) in [7, 11) is 0. The number of nitrogen functional groups attached to an aromatic ring is 1. The van der Waals surface area contributed by atoms with E-state index in [1.165, 1.54) is 12.5 Å². The van der Waals surface area contributed by atoms with Gasteiger partial charge in [-0.25, -0.2) is 0 Å². The summed E-state index contributed by atoms with van der Waals surface area (Å²) < 4.78 is 6.10. The fourth-order valence-electron chi connectivity index (χ4n) is 3.42. The van der Waals surface area contributed by atoms with Crippen LogP contribution in [0.4, 0.5) is 5.69 Å². The standard InChI is InChI=1S/C18H17NO2.C2H5NO/c1-9(2)10-6-7-11-14(8-10)21-18-12-4-3-5-13(19)15(12)17(20)16(11)18;1-2(3)4/h3-9,16,18H,19H2,1-2H3;1H3,(H2,3,4). The summed E-state index contributed by atoms with van der Waals surface area (Å²) in [6.07, 6.45) is -0.214. The number of rotatable bonds is 1. The predicted octanol–water partition coefficient (Wildman–Crippen LogP) is 3.30. The van der Waals surface area contributed by atoms with Crippen molar-refractivity contribution in [1.82, 2.24) is 0 Å². The van der Waals surface area contributed by atoms with Gasteiger partial charge in [-0.15, -0.1) is 0 Å². The number of amides is 1. The molecule has 0 saturated heterocycles. The van der Waals surface area contributed by atoms with Crippen LogP contribution in [0, 0.1) is 0 Å². The van der Waals surface area contributed by atoms with Gasteiger partial charge < -0.3 is 16.2 Å². The van der Waals surface area contributed by atoms with Crippen LogP contribution in [0.1, 0.15) is 65.8 Å². The lowest BCUT2D eigenvalue weighted by molar-refractivity contribution is -0.115. The maximum Gasteiger partial charge on any atom is 0.214 e. The predicted molar refractivity (Wildman–Crippen MR) is 96.7 cm³/mol. The Hall–Kier alpha value is -2.82. The van der Waals surface area contributed by atoms with Crippen molar-refractivity contribution < 1.29 is 14.3 Å². The topological polar surface area (TPSA) is 95.4 Å². The molecule has 0 fully saturated rings. The number of hydrogen-bond acceptors (Lipinski definition) is 4. The molecule has 1 aliphatic carbocycles. The number of hydrogen-bond donors (Lipinski definition) is 2. The first-order valence-electron chi connectivity index (χ1n) is 8.30. The summed E-state index contributed by atoms with van der Waals surface area (Å²) in [4.78, 5) is 21.9. The lowest BCUT2D eigenvalue weighted by Crippen LogP contribution is -2.08. The van der Waals surface area contributed by atoms with Crippen LogP contribution in [0.5, 0.6) is 5.75 Å². The van der Waals surface area contributed by atoms with E-state index in [0.29, 0.717) is 17.2 Å². The molecule has 4 rings (SSSR count). The van der Waals surface area contributed by atoms with Crippen molar-refractivity contribution in [1.29, 1.82) is 0 Å². The number of carbonyl (C=O) groups excluding carboxylic acids is 2. The molecular formula is C20H22N2O3. The van der Waals surface area contributed by atoms with Crippen molar-refractivity contribution >= 4 is 17.4 Å². The second kappa shape index (κ2) is 6.24. The highest BCUT2D eigenvalue weighted by Gasteiger charge is 2.48. The molecule has 0 aromatic heterocycles. The Balaban J connectivity index is 0.000000415. The van der Waals surface area contributed by atoms with Gasteiger partial charge in [0.2, 0.25) is 5.91 Å². The Morgan fingerprint density at radius 1 is 1.16 bits per heavy atom. The van der Waals surface area contributed by atoms with Gasteiger partial charge in [-0.05, 0) is 23.6 Å². The molecule has 1 amide bonds. The summed E-state index contributed by atoms with van der Waals surface area (Å²) >= 11 is 0. The van der Waals surface area contributed by atoms with Crippen molar-refractivity contribution in [3.8, 4) is 5.75 Å². The van der Waals surface area contributed by atoms with Gasteiger partial charge in [0.05, 0.1) is 5.92 Å². The number of anilines is 1. The number of primary amides is 1. The fourth-order valence-corrected chi connectivity index (χ4v) is 3.42. The highest BCUT2D eigenvalue weighted by molar-refractivity contribution is 6.10. The molecule has 0 radical (unpaired) electrons. The molecule has 1 aliphatic heterocycles. The summed E-state index contributed by atoms with van der Waals surface area (Å²) in [5.74, 6) is 0.806. The normalized spacial score (nSPS) is 19.4. The van der Waals surface area contributed by atoms with Crippen LogP contribution in [0.2, 0.25) is 0 Å². The first kappa shape index (κ1) is 17.0. The molecule has 1 heterocycles. The van der Waals surface area contributed by atoms with Gasteiger partial charge in [-0.2, -0.15) is 0 Å². The molecule has 2 atom stereocenters. The van der Waals surface area contributed by atoms with Crippen molar-refractivity contribution in [2.24, 2.45) is 5.73 Å². The molecule has 0 bridgehead atoms. The average molecular weight is 338 g/mol. The average Bonchev–Trinajstić information content (AvgIpc) is 3.03. The maximum atomic E-state index is 12.7. The largest absolute Gasteiger partial charge is 0.484 e. The van der Waals surface area contributed by atoms with E-state index in [0.717, 1.165) is 16.9 Å². The molecule has 5 heteroatoms. The molecule has 2 aliphatic rings. The van der Waals surface area contributed by atoms with E-state index < -0.39 is 0 Å². The number of benzene rings is 2. The Morgan fingerprint density at radius 3 is 2.48 bits per heavy atom. The Bertz CT molecular complexity index is 854. The van der Waals surface area contributed by atoms with Gasteiger partial charge >= 0.3 is 0 Å². The van der Waals surface area contributed by atoms with Crippen LogP contribution >= 0.6 is 0 Å². The third-order valence-corrected chi connectivity index (χ3v) is 4.56. The van der Waals surface area contributed by atoms with Gasteiger partial charge in [-0.1, -0.05) is 38.1 Å². The van der Waals surface area contributed by atoms with Crippen LogP contribution < -0.4 is 16.2 Å². The quantitative estimate of drug-likeness (QED) is 0.780. The zero-order valence-corrected chi connectivity index (χ0v) is 14.6. The summed E-state index contributed by atoms with van der Waals surface area (Å²) in [6.45, 7) is 5.61. The number of ether oxygens (including phenoxy) is 1. The van der Waals surface area contributed by atoms with Gasteiger partial charge in [0.15, 0.2) is 5.78 Å². The molecule has 2 unspecified atom stereocenters. The summed E-state index contributed by atoms with van der Waals surface area (Å²) in [6, 6.07) is 11.8. The third-order valence-electron chi connectivity index (χ3n) is 4.56. The van der Waals surface area contributed by atoms with Gasteiger partial charge in [0.1, 0.15) is 11.9 Å². The van der Waals surface area contributed by atoms with Crippen molar-refractivity contribution in [3.63, 3.8) is 0 Å². The van der Waals surface area contributed by atoms with Gasteiger partial charge in [-0.3, -0.25) is 9.59 Å². The van der Waals surface area contributed by atoms with E-state index in [1.807, 2.05) is 18.2 Å². The molecule has 2 aromatic rings. The minimum absolute atomic E-state index is 0.0872. The first-order chi connectivity index (χ1) is 11.8. The Morgan fingerprint density at radius 2 is 1.84 bits per heavy atom. The van der Waals surface area contributed by atoms with Crippen molar-refractivity contribution in [2.75, 3.05) is 5.73 Å². The van der Waals surface area contributed by atoms with Gasteiger partial charge in [0.25, 0.3) is 0 Å². The fraction of sp³-hybridized carbons (Fsp3) is 0.300. The Kier molecular flexibility index (Phi) is 4.25. The van der Waals surface area contributed by atoms with E-state index in [1.54, 1.807) is 6.07 Å². The number of carbonyl (C=O) groups is 2. The zero-order valence-electron chi connectivity index (χ0n) is 14.6. The molecular weight excluding hydrogens is 316 g/mol. The monoisotopic (exact) mass is 338 g/mol. The molecule has 130 valence electrons. The summed E-state index contributed by atoms with van der Waals surface area (Å²) in [5, 5.41) is 0. The second-order valence-corrected chi connectivity index (χ2v) is 6.75. The Labute approximate surface area is 147 Å². The van der Waals surface area contributed by atoms with Crippen LogP contribution in [0.15, 0.2) is 36.4 Å². The van der Waals surface area contributed by atoms with Crippen molar-refractivity contribution in [3.05, 3.63) is 58.7 Å². The molecule has 0 spiro atoms. The highest BCUT2D eigenvalue weighted by atomic mass is 16.5. The number of nitrogens with two attached hydrogens (primary N) is 2. The third kappa shape index (κ3) is 2.86. The van der Waals surface area contributed by atoms with Crippen LogP contribution in [0.3, 0.4) is 0 Å². The molecule has 0 saturated carbocycles. The molecule has 5 nitrogen and oxygen atoms in total. The molecule has 25 heavy (non-hydrogen) atoms.